The van der Waals surface area contributed by atoms with Gasteiger partial charge in [-0.1, -0.05) is 30.7 Å². The van der Waals surface area contributed by atoms with Gasteiger partial charge < -0.3 is 15.0 Å². The van der Waals surface area contributed by atoms with Gasteiger partial charge in [0.15, 0.2) is 0 Å². The van der Waals surface area contributed by atoms with E-state index < -0.39 is 6.04 Å². The zero-order chi connectivity index (χ0) is 17.2. The van der Waals surface area contributed by atoms with Crippen molar-refractivity contribution in [3.8, 4) is 0 Å². The summed E-state index contributed by atoms with van der Waals surface area (Å²) in [5.41, 5.74) is 0.940. The fourth-order valence-electron chi connectivity index (χ4n) is 2.15. The Morgan fingerprint density at radius 3 is 2.52 bits per heavy atom. The maximum absolute atomic E-state index is 12.4. The van der Waals surface area contributed by atoms with E-state index in [1.807, 2.05) is 19.1 Å². The molecule has 0 aliphatic heterocycles. The van der Waals surface area contributed by atoms with Crippen LogP contribution in [-0.4, -0.2) is 43.0 Å². The second-order valence-corrected chi connectivity index (χ2v) is 5.79. The minimum Gasteiger partial charge on any atom is -0.383 e. The van der Waals surface area contributed by atoms with Gasteiger partial charge in [0.2, 0.25) is 11.8 Å². The van der Waals surface area contributed by atoms with Crippen molar-refractivity contribution in [3.63, 3.8) is 0 Å². The molecule has 128 valence electrons. The van der Waals surface area contributed by atoms with Crippen LogP contribution in [0.2, 0.25) is 5.02 Å². The molecule has 0 saturated heterocycles. The molecule has 2 amide bonds. The Labute approximate surface area is 142 Å². The highest BCUT2D eigenvalue weighted by atomic mass is 35.5. The van der Waals surface area contributed by atoms with Crippen LogP contribution in [0.15, 0.2) is 24.3 Å². The average Bonchev–Trinajstić information content (AvgIpc) is 2.54. The van der Waals surface area contributed by atoms with Crippen molar-refractivity contribution in [2.45, 2.75) is 39.3 Å². The zero-order valence-corrected chi connectivity index (χ0v) is 14.7. The first kappa shape index (κ1) is 19.5. The average molecular weight is 341 g/mol. The Balaban J connectivity index is 2.80. The molecule has 0 unspecified atom stereocenters. The summed E-state index contributed by atoms with van der Waals surface area (Å²) < 4.78 is 4.92. The molecule has 0 spiro atoms. The van der Waals surface area contributed by atoms with Gasteiger partial charge in [-0.3, -0.25) is 9.59 Å². The molecule has 0 bridgehead atoms. The van der Waals surface area contributed by atoms with E-state index in [1.165, 1.54) is 0 Å². The number of methoxy groups -OCH3 is 1. The van der Waals surface area contributed by atoms with Crippen LogP contribution in [0.5, 0.6) is 0 Å². The SMILES string of the molecule is CCCC(=O)N(Cc1ccc(Cl)cc1)[C@H](C)C(=O)NCCOC. The molecule has 1 rings (SSSR count). The third-order valence-electron chi connectivity index (χ3n) is 3.50. The van der Waals surface area contributed by atoms with Gasteiger partial charge in [-0.2, -0.15) is 0 Å². The number of benzene rings is 1. The van der Waals surface area contributed by atoms with Gasteiger partial charge in [0, 0.05) is 31.6 Å². The lowest BCUT2D eigenvalue weighted by atomic mass is 10.1. The Morgan fingerprint density at radius 1 is 1.30 bits per heavy atom. The maximum Gasteiger partial charge on any atom is 0.242 e. The normalized spacial score (nSPS) is 11.8. The van der Waals surface area contributed by atoms with Gasteiger partial charge in [0.05, 0.1) is 6.61 Å². The minimum atomic E-state index is -0.540. The van der Waals surface area contributed by atoms with Crippen molar-refractivity contribution in [1.29, 1.82) is 0 Å². The number of carbonyl (C=O) groups excluding carboxylic acids is 2. The lowest BCUT2D eigenvalue weighted by Gasteiger charge is -2.28. The van der Waals surface area contributed by atoms with Crippen LogP contribution in [0.1, 0.15) is 32.3 Å². The second kappa shape index (κ2) is 10.2. The predicted octanol–water partition coefficient (Wildman–Crippen LogP) is 2.62. The number of amides is 2. The fraction of sp³-hybridized carbons (Fsp3) is 0.529. The van der Waals surface area contributed by atoms with Crippen LogP contribution in [0.25, 0.3) is 0 Å². The van der Waals surface area contributed by atoms with Gasteiger partial charge in [-0.25, -0.2) is 0 Å². The Hall–Kier alpha value is -1.59. The van der Waals surface area contributed by atoms with Gasteiger partial charge >= 0.3 is 0 Å². The topological polar surface area (TPSA) is 58.6 Å². The first-order valence-electron chi connectivity index (χ1n) is 7.80. The smallest absolute Gasteiger partial charge is 0.242 e. The molecule has 0 radical (unpaired) electrons. The third-order valence-corrected chi connectivity index (χ3v) is 3.75. The molecule has 0 heterocycles. The minimum absolute atomic E-state index is 0.0307. The van der Waals surface area contributed by atoms with Crippen molar-refractivity contribution in [1.82, 2.24) is 10.2 Å². The van der Waals surface area contributed by atoms with Crippen LogP contribution in [-0.2, 0) is 20.9 Å². The second-order valence-electron chi connectivity index (χ2n) is 5.36. The molecule has 5 nitrogen and oxygen atoms in total. The van der Waals surface area contributed by atoms with E-state index in [9.17, 15) is 9.59 Å². The number of carbonyl (C=O) groups is 2. The first-order chi connectivity index (χ1) is 11.0. The standard InChI is InChI=1S/C17H25ClN2O3/c1-4-5-16(21)20(12-14-6-8-15(18)9-7-14)13(2)17(22)19-10-11-23-3/h6-9,13H,4-5,10-12H2,1-3H3,(H,19,22)/t13-/m1/s1. The largest absolute Gasteiger partial charge is 0.383 e. The number of hydrogen-bond acceptors (Lipinski definition) is 3. The van der Waals surface area contributed by atoms with Crippen LogP contribution in [0, 0.1) is 0 Å². The summed E-state index contributed by atoms with van der Waals surface area (Å²) >= 11 is 5.89. The molecule has 1 aromatic carbocycles. The summed E-state index contributed by atoms with van der Waals surface area (Å²) in [6, 6.07) is 6.75. The number of rotatable bonds is 9. The van der Waals surface area contributed by atoms with E-state index >= 15 is 0 Å². The molecule has 1 atom stereocenters. The van der Waals surface area contributed by atoms with E-state index in [2.05, 4.69) is 5.32 Å². The fourth-order valence-corrected chi connectivity index (χ4v) is 2.28. The Morgan fingerprint density at radius 2 is 1.96 bits per heavy atom. The van der Waals surface area contributed by atoms with Gasteiger partial charge in [-0.15, -0.1) is 0 Å². The number of hydrogen-bond donors (Lipinski definition) is 1. The predicted molar refractivity (Wildman–Crippen MR) is 91.3 cm³/mol. The van der Waals surface area contributed by atoms with E-state index in [0.717, 1.165) is 12.0 Å². The summed E-state index contributed by atoms with van der Waals surface area (Å²) in [5.74, 6) is -0.211. The summed E-state index contributed by atoms with van der Waals surface area (Å²) in [6.07, 6.45) is 1.16. The van der Waals surface area contributed by atoms with Crippen LogP contribution >= 0.6 is 11.6 Å². The highest BCUT2D eigenvalue weighted by molar-refractivity contribution is 6.30. The zero-order valence-electron chi connectivity index (χ0n) is 14.0. The quantitative estimate of drug-likeness (QED) is 0.703. The molecule has 0 aromatic heterocycles. The molecule has 0 saturated carbocycles. The van der Waals surface area contributed by atoms with Crippen molar-refractivity contribution in [3.05, 3.63) is 34.9 Å². The van der Waals surface area contributed by atoms with E-state index in [4.69, 9.17) is 16.3 Å². The number of nitrogens with one attached hydrogen (secondary N) is 1. The van der Waals surface area contributed by atoms with Crippen LogP contribution < -0.4 is 5.32 Å². The lowest BCUT2D eigenvalue weighted by Crippen LogP contribution is -2.48. The molecular weight excluding hydrogens is 316 g/mol. The lowest BCUT2D eigenvalue weighted by molar-refractivity contribution is -0.140. The third kappa shape index (κ3) is 6.59. The maximum atomic E-state index is 12.4. The van der Waals surface area contributed by atoms with Crippen LogP contribution in [0.4, 0.5) is 0 Å². The first-order valence-corrected chi connectivity index (χ1v) is 8.18. The molecule has 1 N–H and O–H groups in total. The Kier molecular flexibility index (Phi) is 8.66. The highest BCUT2D eigenvalue weighted by Gasteiger charge is 2.25. The molecule has 23 heavy (non-hydrogen) atoms. The molecule has 1 aromatic rings. The van der Waals surface area contributed by atoms with Gasteiger partial charge in [0.1, 0.15) is 6.04 Å². The summed E-state index contributed by atoms with van der Waals surface area (Å²) in [6.45, 7) is 4.94. The van der Waals surface area contributed by atoms with Crippen LogP contribution in [0.3, 0.4) is 0 Å². The highest BCUT2D eigenvalue weighted by Crippen LogP contribution is 2.14. The van der Waals surface area contributed by atoms with Crippen molar-refractivity contribution < 1.29 is 14.3 Å². The Bertz CT molecular complexity index is 505. The molecule has 6 heteroatoms. The molecule has 0 aliphatic rings. The van der Waals surface area contributed by atoms with E-state index in [-0.39, 0.29) is 11.8 Å². The summed E-state index contributed by atoms with van der Waals surface area (Å²) in [7, 11) is 1.58. The molecular formula is C17H25ClN2O3. The van der Waals surface area contributed by atoms with E-state index in [0.29, 0.717) is 31.1 Å². The van der Waals surface area contributed by atoms with E-state index in [1.54, 1.807) is 31.1 Å². The van der Waals surface area contributed by atoms with Crippen molar-refractivity contribution in [2.24, 2.45) is 0 Å². The number of halogens is 1. The molecule has 0 fully saturated rings. The molecule has 0 aliphatic carbocycles. The van der Waals surface area contributed by atoms with Gasteiger partial charge in [0.25, 0.3) is 0 Å². The monoisotopic (exact) mass is 340 g/mol. The van der Waals surface area contributed by atoms with Gasteiger partial charge in [-0.05, 0) is 31.0 Å². The number of ether oxygens (including phenoxy) is 1. The summed E-state index contributed by atoms with van der Waals surface area (Å²) in [5, 5.41) is 3.42. The summed E-state index contributed by atoms with van der Waals surface area (Å²) in [4.78, 5) is 26.2. The van der Waals surface area contributed by atoms with Crippen molar-refractivity contribution >= 4 is 23.4 Å². The number of nitrogens with zero attached hydrogens (tertiary/aromatic N) is 1. The van der Waals surface area contributed by atoms with Crippen molar-refractivity contribution in [2.75, 3.05) is 20.3 Å².